The van der Waals surface area contributed by atoms with Crippen LogP contribution in [0, 0.1) is 6.92 Å². The molecule has 2 atom stereocenters. The van der Waals surface area contributed by atoms with E-state index in [0.29, 0.717) is 0 Å². The molecule has 0 aromatic heterocycles. The van der Waals surface area contributed by atoms with Gasteiger partial charge in [0.1, 0.15) is 12.2 Å². The Labute approximate surface area is 123 Å². The summed E-state index contributed by atoms with van der Waals surface area (Å²) in [7, 11) is 0. The molecule has 0 radical (unpaired) electrons. The fraction of sp³-hybridized carbons (Fsp3) is 0.158. The Morgan fingerprint density at radius 3 is 2.57 bits per heavy atom. The summed E-state index contributed by atoms with van der Waals surface area (Å²) in [5.41, 5.74) is 2.98. The van der Waals surface area contributed by atoms with Gasteiger partial charge in [-0.2, -0.15) is 0 Å². The van der Waals surface area contributed by atoms with E-state index < -0.39 is 12.2 Å². The lowest BCUT2D eigenvalue weighted by Gasteiger charge is -2.24. The number of hydrogen-bond acceptors (Lipinski definition) is 2. The van der Waals surface area contributed by atoms with Crippen LogP contribution in [0.25, 0.3) is 27.6 Å². The van der Waals surface area contributed by atoms with Crippen LogP contribution in [0.1, 0.15) is 22.8 Å². The third-order valence-corrected chi connectivity index (χ3v) is 4.49. The Balaban J connectivity index is 2.17. The zero-order chi connectivity index (χ0) is 14.6. The number of aryl methyl sites for hydroxylation is 1. The second-order valence-electron chi connectivity index (χ2n) is 5.68. The number of rotatable bonds is 0. The van der Waals surface area contributed by atoms with Crippen LogP contribution in [0.5, 0.6) is 0 Å². The average molecular weight is 276 g/mol. The van der Waals surface area contributed by atoms with Gasteiger partial charge in [0, 0.05) is 0 Å². The molecule has 2 N–H and O–H groups in total. The topological polar surface area (TPSA) is 40.5 Å². The highest BCUT2D eigenvalue weighted by atomic mass is 16.3. The van der Waals surface area contributed by atoms with Crippen molar-refractivity contribution in [3.63, 3.8) is 0 Å². The van der Waals surface area contributed by atoms with Crippen molar-refractivity contribution in [2.45, 2.75) is 19.1 Å². The van der Waals surface area contributed by atoms with Gasteiger partial charge in [0.15, 0.2) is 0 Å². The highest BCUT2D eigenvalue weighted by Gasteiger charge is 2.24. The maximum absolute atomic E-state index is 10.3. The minimum Gasteiger partial charge on any atom is -0.386 e. The maximum atomic E-state index is 10.3. The molecule has 0 amide bonds. The molecule has 0 heterocycles. The number of aliphatic hydroxyl groups is 2. The van der Waals surface area contributed by atoms with E-state index >= 15 is 0 Å². The Morgan fingerprint density at radius 1 is 0.905 bits per heavy atom. The summed E-state index contributed by atoms with van der Waals surface area (Å²) in [6.45, 7) is 2.07. The van der Waals surface area contributed by atoms with Gasteiger partial charge in [-0.25, -0.2) is 0 Å². The molecule has 2 heteroatoms. The van der Waals surface area contributed by atoms with E-state index in [-0.39, 0.29) is 0 Å². The summed E-state index contributed by atoms with van der Waals surface area (Å²) >= 11 is 0. The summed E-state index contributed by atoms with van der Waals surface area (Å²) in [5.74, 6) is 0. The predicted molar refractivity (Wildman–Crippen MR) is 86.2 cm³/mol. The highest BCUT2D eigenvalue weighted by Crippen LogP contribution is 2.37. The summed E-state index contributed by atoms with van der Waals surface area (Å²) < 4.78 is 0. The van der Waals surface area contributed by atoms with Gasteiger partial charge in [0.2, 0.25) is 0 Å². The van der Waals surface area contributed by atoms with Crippen molar-refractivity contribution in [1.82, 2.24) is 0 Å². The van der Waals surface area contributed by atoms with Crippen LogP contribution in [0.15, 0.2) is 48.5 Å². The molecule has 104 valence electrons. The summed E-state index contributed by atoms with van der Waals surface area (Å²) in [5, 5.41) is 24.8. The van der Waals surface area contributed by atoms with Gasteiger partial charge in [-0.15, -0.1) is 0 Å². The van der Waals surface area contributed by atoms with Crippen LogP contribution in [0.3, 0.4) is 0 Å². The standard InChI is InChI=1S/C19H16O2/c1-11-13-7-6-12-4-2-3-5-15(12)16(13)10-17-14(11)8-9-18(20)19(17)21/h2-10,18-21H,1H3. The first-order valence-electron chi connectivity index (χ1n) is 7.16. The summed E-state index contributed by atoms with van der Waals surface area (Å²) in [4.78, 5) is 0. The first kappa shape index (κ1) is 12.6. The molecule has 2 nitrogen and oxygen atoms in total. The molecule has 0 spiro atoms. The molecule has 4 rings (SSSR count). The van der Waals surface area contributed by atoms with E-state index in [1.807, 2.05) is 24.3 Å². The molecular formula is C19H16O2. The Kier molecular flexibility index (Phi) is 2.64. The van der Waals surface area contributed by atoms with Crippen LogP contribution in [-0.4, -0.2) is 16.3 Å². The second kappa shape index (κ2) is 4.42. The van der Waals surface area contributed by atoms with E-state index in [9.17, 15) is 10.2 Å². The lowest BCUT2D eigenvalue weighted by Crippen LogP contribution is -2.20. The fourth-order valence-electron chi connectivity index (χ4n) is 3.32. The van der Waals surface area contributed by atoms with E-state index in [1.54, 1.807) is 6.08 Å². The van der Waals surface area contributed by atoms with Crippen molar-refractivity contribution >= 4 is 27.6 Å². The molecule has 1 aliphatic rings. The molecular weight excluding hydrogens is 260 g/mol. The first-order valence-corrected chi connectivity index (χ1v) is 7.16. The average Bonchev–Trinajstić information content (AvgIpc) is 2.51. The van der Waals surface area contributed by atoms with E-state index in [0.717, 1.165) is 22.1 Å². The van der Waals surface area contributed by atoms with Crippen molar-refractivity contribution in [2.24, 2.45) is 0 Å². The van der Waals surface area contributed by atoms with Crippen molar-refractivity contribution in [1.29, 1.82) is 0 Å². The normalized spacial score (nSPS) is 20.9. The molecule has 3 aromatic rings. The molecule has 0 bridgehead atoms. The molecule has 0 saturated heterocycles. The minimum atomic E-state index is -0.855. The summed E-state index contributed by atoms with van der Waals surface area (Å²) in [6.07, 6.45) is 1.89. The van der Waals surface area contributed by atoms with Crippen molar-refractivity contribution in [3.8, 4) is 0 Å². The third kappa shape index (κ3) is 1.73. The zero-order valence-corrected chi connectivity index (χ0v) is 11.7. The Hall–Kier alpha value is -2.16. The number of hydrogen-bond donors (Lipinski definition) is 2. The Morgan fingerprint density at radius 2 is 1.71 bits per heavy atom. The van der Waals surface area contributed by atoms with Gasteiger partial charge in [-0.1, -0.05) is 48.6 Å². The predicted octanol–water partition coefficient (Wildman–Crippen LogP) is 3.72. The second-order valence-corrected chi connectivity index (χ2v) is 5.68. The number of fused-ring (bicyclic) bond motifs is 4. The van der Waals surface area contributed by atoms with Crippen molar-refractivity contribution < 1.29 is 10.2 Å². The van der Waals surface area contributed by atoms with Crippen LogP contribution in [-0.2, 0) is 0 Å². The molecule has 0 aliphatic heterocycles. The van der Waals surface area contributed by atoms with Gasteiger partial charge in [0.25, 0.3) is 0 Å². The zero-order valence-electron chi connectivity index (χ0n) is 11.7. The van der Waals surface area contributed by atoms with Crippen LogP contribution >= 0.6 is 0 Å². The molecule has 3 aromatic carbocycles. The lowest BCUT2D eigenvalue weighted by molar-refractivity contribution is 0.0470. The monoisotopic (exact) mass is 276 g/mol. The smallest absolute Gasteiger partial charge is 0.109 e. The fourth-order valence-corrected chi connectivity index (χ4v) is 3.32. The SMILES string of the molecule is Cc1c2c(cc3c1ccc1ccccc13)C(O)C(O)C=C2. The molecule has 21 heavy (non-hydrogen) atoms. The number of aliphatic hydroxyl groups excluding tert-OH is 2. The lowest BCUT2D eigenvalue weighted by atomic mass is 9.85. The van der Waals surface area contributed by atoms with Crippen molar-refractivity contribution in [2.75, 3.05) is 0 Å². The third-order valence-electron chi connectivity index (χ3n) is 4.49. The van der Waals surface area contributed by atoms with Crippen LogP contribution < -0.4 is 0 Å². The first-order chi connectivity index (χ1) is 10.2. The van der Waals surface area contributed by atoms with E-state index in [2.05, 4.69) is 31.2 Å². The van der Waals surface area contributed by atoms with Crippen LogP contribution in [0.4, 0.5) is 0 Å². The molecule has 1 aliphatic carbocycles. The summed E-state index contributed by atoms with van der Waals surface area (Å²) in [6, 6.07) is 14.5. The molecule has 0 saturated carbocycles. The van der Waals surface area contributed by atoms with Gasteiger partial charge in [-0.3, -0.25) is 0 Å². The largest absolute Gasteiger partial charge is 0.386 e. The van der Waals surface area contributed by atoms with Crippen molar-refractivity contribution in [3.05, 3.63) is 65.2 Å². The quantitative estimate of drug-likeness (QED) is 0.614. The van der Waals surface area contributed by atoms with Gasteiger partial charge in [0.05, 0.1) is 0 Å². The molecule has 2 unspecified atom stereocenters. The molecule has 0 fully saturated rings. The Bertz CT molecular complexity index is 893. The minimum absolute atomic E-state index is 0.811. The van der Waals surface area contributed by atoms with Gasteiger partial charge >= 0.3 is 0 Å². The number of benzene rings is 3. The van der Waals surface area contributed by atoms with E-state index in [4.69, 9.17) is 0 Å². The highest BCUT2D eigenvalue weighted by molar-refractivity contribution is 6.09. The van der Waals surface area contributed by atoms with Gasteiger partial charge in [-0.05, 0) is 51.2 Å². The van der Waals surface area contributed by atoms with E-state index in [1.165, 1.54) is 16.2 Å². The van der Waals surface area contributed by atoms with Gasteiger partial charge < -0.3 is 10.2 Å². The maximum Gasteiger partial charge on any atom is 0.109 e. The van der Waals surface area contributed by atoms with Crippen LogP contribution in [0.2, 0.25) is 0 Å².